The molecule has 0 fully saturated rings. The molecule has 0 heterocycles. The van der Waals surface area contributed by atoms with Gasteiger partial charge < -0.3 is 11.1 Å². The molecule has 0 aliphatic carbocycles. The van der Waals surface area contributed by atoms with Crippen molar-refractivity contribution in [2.75, 3.05) is 18.8 Å². The number of rotatable bonds is 6. The molecule has 1 aromatic carbocycles. The van der Waals surface area contributed by atoms with Crippen molar-refractivity contribution in [2.45, 2.75) is 32.6 Å². The first-order valence-electron chi connectivity index (χ1n) is 6.60. The van der Waals surface area contributed by atoms with E-state index in [0.29, 0.717) is 12.2 Å². The number of hydrogen-bond donors (Lipinski definition) is 2. The molecule has 1 aromatic rings. The van der Waals surface area contributed by atoms with Gasteiger partial charge in [-0.3, -0.25) is 9.69 Å². The maximum absolute atomic E-state index is 12.1. The van der Waals surface area contributed by atoms with E-state index in [9.17, 15) is 18.0 Å². The average Bonchev–Trinajstić information content (AvgIpc) is 2.37. The molecule has 0 bridgehead atoms. The third kappa shape index (κ3) is 6.48. The normalized spacial score (nSPS) is 12.0. The summed E-state index contributed by atoms with van der Waals surface area (Å²) in [5, 5.41) is 1.87. The molecule has 4 nitrogen and oxygen atoms in total. The SMILES string of the molecule is CC(C)N(CC(=O)NCC(F)(F)F)Cc1ccccc1N. The molecule has 0 spiro atoms. The zero-order chi connectivity index (χ0) is 16.0. The number of nitrogens with two attached hydrogens (primary N) is 1. The van der Waals surface area contributed by atoms with Gasteiger partial charge in [-0.2, -0.15) is 13.2 Å². The van der Waals surface area contributed by atoms with Crippen molar-refractivity contribution < 1.29 is 18.0 Å². The van der Waals surface area contributed by atoms with E-state index in [1.807, 2.05) is 31.3 Å². The van der Waals surface area contributed by atoms with E-state index in [1.54, 1.807) is 17.0 Å². The highest BCUT2D eigenvalue weighted by molar-refractivity contribution is 5.78. The molecule has 0 saturated heterocycles. The molecule has 0 aromatic heterocycles. The van der Waals surface area contributed by atoms with Gasteiger partial charge in [-0.05, 0) is 25.5 Å². The van der Waals surface area contributed by atoms with Crippen molar-refractivity contribution in [1.29, 1.82) is 0 Å². The first-order chi connectivity index (χ1) is 9.69. The number of anilines is 1. The van der Waals surface area contributed by atoms with Gasteiger partial charge in [0, 0.05) is 18.3 Å². The predicted octanol–water partition coefficient (Wildman–Crippen LogP) is 2.16. The van der Waals surface area contributed by atoms with Crippen LogP contribution in [0, 0.1) is 0 Å². The molecule has 0 unspecified atom stereocenters. The zero-order valence-electron chi connectivity index (χ0n) is 12.1. The molecule has 0 saturated carbocycles. The van der Waals surface area contributed by atoms with Crippen LogP contribution in [0.25, 0.3) is 0 Å². The van der Waals surface area contributed by atoms with Crippen LogP contribution in [0.4, 0.5) is 18.9 Å². The summed E-state index contributed by atoms with van der Waals surface area (Å²) in [5.41, 5.74) is 7.28. The molecule has 21 heavy (non-hydrogen) atoms. The fourth-order valence-electron chi connectivity index (χ4n) is 1.76. The maximum atomic E-state index is 12.1. The minimum atomic E-state index is -4.40. The topological polar surface area (TPSA) is 58.4 Å². The number of para-hydroxylation sites is 1. The number of halogens is 3. The fourth-order valence-corrected chi connectivity index (χ4v) is 1.76. The second kappa shape index (κ2) is 7.31. The number of amides is 1. The van der Waals surface area contributed by atoms with Crippen molar-refractivity contribution in [3.05, 3.63) is 29.8 Å². The van der Waals surface area contributed by atoms with Crippen LogP contribution in [0.15, 0.2) is 24.3 Å². The van der Waals surface area contributed by atoms with Gasteiger partial charge in [0.05, 0.1) is 6.54 Å². The Bertz CT molecular complexity index is 475. The summed E-state index contributed by atoms with van der Waals surface area (Å²) in [6.45, 7) is 2.73. The van der Waals surface area contributed by atoms with Crippen LogP contribution < -0.4 is 11.1 Å². The van der Waals surface area contributed by atoms with Gasteiger partial charge >= 0.3 is 6.18 Å². The molecule has 1 rings (SSSR count). The van der Waals surface area contributed by atoms with Crippen LogP contribution in [-0.4, -0.2) is 36.1 Å². The maximum Gasteiger partial charge on any atom is 0.405 e. The van der Waals surface area contributed by atoms with Gasteiger partial charge in [-0.15, -0.1) is 0 Å². The van der Waals surface area contributed by atoms with Gasteiger partial charge in [0.2, 0.25) is 5.91 Å². The summed E-state index contributed by atoms with van der Waals surface area (Å²) in [4.78, 5) is 13.4. The van der Waals surface area contributed by atoms with Crippen molar-refractivity contribution in [3.8, 4) is 0 Å². The number of alkyl halides is 3. The molecule has 1 amide bonds. The van der Waals surface area contributed by atoms with Crippen molar-refractivity contribution >= 4 is 11.6 Å². The van der Waals surface area contributed by atoms with Crippen LogP contribution in [0.3, 0.4) is 0 Å². The summed E-state index contributed by atoms with van der Waals surface area (Å²) in [6.07, 6.45) is -4.40. The number of hydrogen-bond acceptors (Lipinski definition) is 3. The van der Waals surface area contributed by atoms with E-state index in [0.717, 1.165) is 5.56 Å². The quantitative estimate of drug-likeness (QED) is 0.792. The number of nitrogens with zero attached hydrogens (tertiary/aromatic N) is 1. The van der Waals surface area contributed by atoms with E-state index in [1.165, 1.54) is 0 Å². The predicted molar refractivity (Wildman–Crippen MR) is 75.5 cm³/mol. The Morgan fingerprint density at radius 2 is 1.95 bits per heavy atom. The van der Waals surface area contributed by atoms with Crippen LogP contribution >= 0.6 is 0 Å². The Morgan fingerprint density at radius 3 is 2.48 bits per heavy atom. The molecule has 0 radical (unpaired) electrons. The molecule has 118 valence electrons. The van der Waals surface area contributed by atoms with Crippen molar-refractivity contribution in [3.63, 3.8) is 0 Å². The van der Waals surface area contributed by atoms with Crippen LogP contribution in [0.2, 0.25) is 0 Å². The summed E-state index contributed by atoms with van der Waals surface area (Å²) >= 11 is 0. The minimum absolute atomic E-state index is 0.00115. The molecule has 0 aliphatic rings. The van der Waals surface area contributed by atoms with Gasteiger partial charge in [-0.1, -0.05) is 18.2 Å². The second-order valence-electron chi connectivity index (χ2n) is 5.09. The second-order valence-corrected chi connectivity index (χ2v) is 5.09. The van der Waals surface area contributed by atoms with Gasteiger partial charge in [0.25, 0.3) is 0 Å². The zero-order valence-corrected chi connectivity index (χ0v) is 12.1. The lowest BCUT2D eigenvalue weighted by Crippen LogP contribution is -2.43. The highest BCUT2D eigenvalue weighted by Gasteiger charge is 2.28. The molecule has 0 aliphatic heterocycles. The smallest absolute Gasteiger partial charge is 0.398 e. The van der Waals surface area contributed by atoms with E-state index in [4.69, 9.17) is 5.73 Å². The third-order valence-electron chi connectivity index (χ3n) is 2.99. The minimum Gasteiger partial charge on any atom is -0.398 e. The van der Waals surface area contributed by atoms with Gasteiger partial charge in [-0.25, -0.2) is 0 Å². The molecule has 3 N–H and O–H groups in total. The highest BCUT2D eigenvalue weighted by Crippen LogP contribution is 2.15. The average molecular weight is 303 g/mol. The summed E-state index contributed by atoms with van der Waals surface area (Å²) in [6, 6.07) is 7.21. The lowest BCUT2D eigenvalue weighted by Gasteiger charge is -2.26. The number of benzene rings is 1. The standard InChI is InChI=1S/C14H20F3N3O/c1-10(2)20(7-11-5-3-4-6-12(11)18)8-13(21)19-9-14(15,16)17/h3-6,10H,7-9,18H2,1-2H3,(H,19,21). The fraction of sp³-hybridized carbons (Fsp3) is 0.500. The Morgan fingerprint density at radius 1 is 1.33 bits per heavy atom. The Balaban J connectivity index is 2.62. The van der Waals surface area contributed by atoms with E-state index in [2.05, 4.69) is 0 Å². The third-order valence-corrected chi connectivity index (χ3v) is 2.99. The Kier molecular flexibility index (Phi) is 6.02. The Hall–Kier alpha value is -1.76. The van der Waals surface area contributed by atoms with E-state index >= 15 is 0 Å². The first-order valence-corrected chi connectivity index (χ1v) is 6.60. The monoisotopic (exact) mass is 303 g/mol. The van der Waals surface area contributed by atoms with Crippen LogP contribution in [0.1, 0.15) is 19.4 Å². The lowest BCUT2D eigenvalue weighted by atomic mass is 10.1. The molecule has 0 atom stereocenters. The Labute approximate surface area is 122 Å². The van der Waals surface area contributed by atoms with Crippen molar-refractivity contribution in [2.24, 2.45) is 0 Å². The van der Waals surface area contributed by atoms with E-state index < -0.39 is 18.6 Å². The van der Waals surface area contributed by atoms with Crippen molar-refractivity contribution in [1.82, 2.24) is 10.2 Å². The summed E-state index contributed by atoms with van der Waals surface area (Å²) < 4.78 is 36.2. The molecular weight excluding hydrogens is 283 g/mol. The number of nitrogens with one attached hydrogen (secondary N) is 1. The highest BCUT2D eigenvalue weighted by atomic mass is 19.4. The number of nitrogen functional groups attached to an aromatic ring is 1. The van der Waals surface area contributed by atoms with Crippen LogP contribution in [0.5, 0.6) is 0 Å². The summed E-state index contributed by atoms with van der Waals surface area (Å²) in [7, 11) is 0. The lowest BCUT2D eigenvalue weighted by molar-refractivity contribution is -0.139. The largest absolute Gasteiger partial charge is 0.405 e. The number of carbonyl (C=O) groups is 1. The molecule has 7 heteroatoms. The van der Waals surface area contributed by atoms with Gasteiger partial charge in [0.1, 0.15) is 6.54 Å². The first kappa shape index (κ1) is 17.3. The molecular formula is C14H20F3N3O. The van der Waals surface area contributed by atoms with E-state index in [-0.39, 0.29) is 12.6 Å². The summed E-state index contributed by atoms with van der Waals surface area (Å²) in [5.74, 6) is -0.657. The van der Waals surface area contributed by atoms with Crippen LogP contribution in [-0.2, 0) is 11.3 Å². The number of carbonyl (C=O) groups excluding carboxylic acids is 1. The van der Waals surface area contributed by atoms with Gasteiger partial charge in [0.15, 0.2) is 0 Å².